The van der Waals surface area contributed by atoms with Crippen LogP contribution >= 0.6 is 0 Å². The molecule has 4 heteroatoms. The van der Waals surface area contributed by atoms with Gasteiger partial charge in [-0.15, -0.1) is 0 Å². The maximum atomic E-state index is 11.8. The lowest BCUT2D eigenvalue weighted by Crippen LogP contribution is -2.41. The second-order valence-corrected chi connectivity index (χ2v) is 5.83. The normalized spacial score (nSPS) is 26.4. The summed E-state index contributed by atoms with van der Waals surface area (Å²) in [6.07, 6.45) is 4.67. The van der Waals surface area contributed by atoms with Crippen LogP contribution in [0.15, 0.2) is 0 Å². The van der Waals surface area contributed by atoms with E-state index in [-0.39, 0.29) is 5.91 Å². The van der Waals surface area contributed by atoms with Crippen LogP contribution in [0.1, 0.15) is 32.6 Å². The molecule has 0 saturated carbocycles. The number of piperidine rings is 1. The molecule has 2 aliphatic heterocycles. The molecule has 18 heavy (non-hydrogen) atoms. The first kappa shape index (κ1) is 13.8. The van der Waals surface area contributed by atoms with Gasteiger partial charge in [0.1, 0.15) is 0 Å². The van der Waals surface area contributed by atoms with Crippen LogP contribution in [0.25, 0.3) is 0 Å². The van der Waals surface area contributed by atoms with Crippen molar-refractivity contribution >= 4 is 5.91 Å². The van der Waals surface area contributed by atoms with E-state index in [2.05, 4.69) is 17.1 Å². The van der Waals surface area contributed by atoms with Crippen LogP contribution in [-0.2, 0) is 9.53 Å². The summed E-state index contributed by atoms with van der Waals surface area (Å²) in [7, 11) is 0. The number of likely N-dealkylation sites (tertiary alicyclic amines) is 1. The molecule has 0 aromatic heterocycles. The van der Waals surface area contributed by atoms with Crippen molar-refractivity contribution in [3.8, 4) is 0 Å². The first-order valence-electron chi connectivity index (χ1n) is 7.31. The lowest BCUT2D eigenvalue weighted by atomic mass is 9.99. The molecule has 4 nitrogen and oxygen atoms in total. The molecule has 1 N–H and O–H groups in total. The lowest BCUT2D eigenvalue weighted by molar-refractivity contribution is -0.122. The minimum atomic E-state index is 0.184. The van der Waals surface area contributed by atoms with Gasteiger partial charge in [-0.3, -0.25) is 9.69 Å². The number of amides is 1. The molecular formula is C14H26N2O2. The Hall–Kier alpha value is -0.610. The average Bonchev–Trinajstić information content (AvgIpc) is 2.85. The molecular weight excluding hydrogens is 228 g/mol. The van der Waals surface area contributed by atoms with E-state index in [1.807, 2.05) is 0 Å². The Bertz CT molecular complexity index is 257. The molecule has 1 atom stereocenters. The summed E-state index contributed by atoms with van der Waals surface area (Å²) in [5, 5.41) is 3.03. The topological polar surface area (TPSA) is 41.6 Å². The highest BCUT2D eigenvalue weighted by Gasteiger charge is 2.18. The predicted octanol–water partition coefficient (Wildman–Crippen LogP) is 1.26. The summed E-state index contributed by atoms with van der Waals surface area (Å²) in [4.78, 5) is 14.1. The van der Waals surface area contributed by atoms with E-state index >= 15 is 0 Å². The molecule has 0 aromatic carbocycles. The van der Waals surface area contributed by atoms with Crippen molar-refractivity contribution in [2.75, 3.05) is 39.4 Å². The number of ether oxygens (including phenoxy) is 1. The minimum Gasteiger partial charge on any atom is -0.381 e. The summed E-state index contributed by atoms with van der Waals surface area (Å²) < 4.78 is 5.33. The van der Waals surface area contributed by atoms with Crippen molar-refractivity contribution in [1.29, 1.82) is 0 Å². The van der Waals surface area contributed by atoms with Crippen LogP contribution in [-0.4, -0.2) is 50.2 Å². The molecule has 2 fully saturated rings. The molecule has 0 aromatic rings. The molecule has 0 aliphatic carbocycles. The predicted molar refractivity (Wildman–Crippen MR) is 71.4 cm³/mol. The average molecular weight is 254 g/mol. The fourth-order valence-electron chi connectivity index (χ4n) is 2.71. The van der Waals surface area contributed by atoms with Crippen molar-refractivity contribution in [2.45, 2.75) is 32.6 Å². The molecule has 2 heterocycles. The van der Waals surface area contributed by atoms with Crippen molar-refractivity contribution in [3.63, 3.8) is 0 Å². The van der Waals surface area contributed by atoms with Crippen LogP contribution < -0.4 is 5.32 Å². The molecule has 0 bridgehead atoms. The number of carbonyl (C=O) groups excluding carboxylic acids is 1. The second-order valence-electron chi connectivity index (χ2n) is 5.83. The Morgan fingerprint density at radius 3 is 2.78 bits per heavy atom. The third-order valence-electron chi connectivity index (χ3n) is 4.14. The van der Waals surface area contributed by atoms with Crippen molar-refractivity contribution in [3.05, 3.63) is 0 Å². The molecule has 2 aliphatic rings. The molecule has 2 rings (SSSR count). The summed E-state index contributed by atoms with van der Waals surface area (Å²) >= 11 is 0. The van der Waals surface area contributed by atoms with Gasteiger partial charge >= 0.3 is 0 Å². The van der Waals surface area contributed by atoms with E-state index in [1.54, 1.807) is 0 Å². The summed E-state index contributed by atoms with van der Waals surface area (Å²) in [5.41, 5.74) is 0. The maximum absolute atomic E-state index is 11.8. The van der Waals surface area contributed by atoms with Crippen LogP contribution in [0, 0.1) is 11.8 Å². The molecule has 104 valence electrons. The van der Waals surface area contributed by atoms with E-state index in [4.69, 9.17) is 4.74 Å². The van der Waals surface area contributed by atoms with E-state index in [0.29, 0.717) is 12.5 Å². The fourth-order valence-corrected chi connectivity index (χ4v) is 2.71. The van der Waals surface area contributed by atoms with Gasteiger partial charge in [-0.1, -0.05) is 6.92 Å². The zero-order valence-electron chi connectivity index (χ0n) is 11.5. The monoisotopic (exact) mass is 254 g/mol. The Morgan fingerprint density at radius 1 is 1.33 bits per heavy atom. The lowest BCUT2D eigenvalue weighted by Gasteiger charge is -2.29. The van der Waals surface area contributed by atoms with Gasteiger partial charge in [0.05, 0.1) is 6.54 Å². The zero-order valence-corrected chi connectivity index (χ0v) is 11.5. The maximum Gasteiger partial charge on any atom is 0.234 e. The van der Waals surface area contributed by atoms with Gasteiger partial charge in [0.2, 0.25) is 5.91 Å². The van der Waals surface area contributed by atoms with E-state index in [0.717, 1.165) is 51.6 Å². The number of rotatable bonds is 5. The Balaban J connectivity index is 1.54. The van der Waals surface area contributed by atoms with Gasteiger partial charge in [-0.25, -0.2) is 0 Å². The summed E-state index contributed by atoms with van der Waals surface area (Å²) in [6.45, 7) is 7.59. The minimum absolute atomic E-state index is 0.184. The number of hydrogen-bond acceptors (Lipinski definition) is 3. The third kappa shape index (κ3) is 4.58. The van der Waals surface area contributed by atoms with Crippen LogP contribution in [0.4, 0.5) is 0 Å². The van der Waals surface area contributed by atoms with Gasteiger partial charge in [0.15, 0.2) is 0 Å². The SMILES string of the molecule is CC1CCN(CC(=O)NCC[C@H]2CCOC2)CC1. The first-order chi connectivity index (χ1) is 8.74. The first-order valence-corrected chi connectivity index (χ1v) is 7.31. The zero-order chi connectivity index (χ0) is 12.8. The highest BCUT2D eigenvalue weighted by Crippen LogP contribution is 2.16. The van der Waals surface area contributed by atoms with Crippen LogP contribution in [0.3, 0.4) is 0 Å². The van der Waals surface area contributed by atoms with Gasteiger partial charge in [0.25, 0.3) is 0 Å². The van der Waals surface area contributed by atoms with Gasteiger partial charge in [0, 0.05) is 19.8 Å². The number of carbonyl (C=O) groups is 1. The largest absolute Gasteiger partial charge is 0.381 e. The Kier molecular flexibility index (Phi) is 5.45. The second kappa shape index (κ2) is 7.10. The van der Waals surface area contributed by atoms with Crippen molar-refractivity contribution in [2.24, 2.45) is 11.8 Å². The van der Waals surface area contributed by atoms with Crippen molar-refractivity contribution in [1.82, 2.24) is 10.2 Å². The molecule has 2 saturated heterocycles. The van der Waals surface area contributed by atoms with E-state index in [9.17, 15) is 4.79 Å². The number of hydrogen-bond donors (Lipinski definition) is 1. The molecule has 0 spiro atoms. The molecule has 0 unspecified atom stereocenters. The standard InChI is InChI=1S/C14H26N2O2/c1-12-3-7-16(8-4-12)10-14(17)15-6-2-13-5-9-18-11-13/h12-13H,2-11H2,1H3,(H,15,17)/t13-/m0/s1. The van der Waals surface area contributed by atoms with Crippen LogP contribution in [0.5, 0.6) is 0 Å². The summed E-state index contributed by atoms with van der Waals surface area (Å²) in [6, 6.07) is 0. The highest BCUT2D eigenvalue weighted by molar-refractivity contribution is 5.77. The van der Waals surface area contributed by atoms with E-state index in [1.165, 1.54) is 12.8 Å². The highest BCUT2D eigenvalue weighted by atomic mass is 16.5. The Morgan fingerprint density at radius 2 is 2.11 bits per heavy atom. The molecule has 0 radical (unpaired) electrons. The molecule has 1 amide bonds. The quantitative estimate of drug-likeness (QED) is 0.803. The summed E-state index contributed by atoms with van der Waals surface area (Å²) in [5.74, 6) is 1.66. The van der Waals surface area contributed by atoms with Gasteiger partial charge < -0.3 is 10.1 Å². The third-order valence-corrected chi connectivity index (χ3v) is 4.14. The Labute approximate surface area is 110 Å². The van der Waals surface area contributed by atoms with E-state index < -0.39 is 0 Å². The number of nitrogens with one attached hydrogen (secondary N) is 1. The fraction of sp³-hybridized carbons (Fsp3) is 0.929. The van der Waals surface area contributed by atoms with Gasteiger partial charge in [-0.05, 0) is 50.6 Å². The van der Waals surface area contributed by atoms with Gasteiger partial charge in [-0.2, -0.15) is 0 Å². The van der Waals surface area contributed by atoms with Crippen LogP contribution in [0.2, 0.25) is 0 Å². The smallest absolute Gasteiger partial charge is 0.234 e. The van der Waals surface area contributed by atoms with Crippen molar-refractivity contribution < 1.29 is 9.53 Å². The number of nitrogens with zero attached hydrogens (tertiary/aromatic N) is 1.